The third-order valence-electron chi connectivity index (χ3n) is 10.7. The van der Waals surface area contributed by atoms with Crippen molar-refractivity contribution in [3.8, 4) is 0 Å². The Morgan fingerprint density at radius 2 is 0.517 bits per heavy atom. The maximum atomic E-state index is 2.54. The van der Waals surface area contributed by atoms with Crippen molar-refractivity contribution in [1.29, 1.82) is 0 Å². The third kappa shape index (κ3) is 7.57. The zero-order valence-corrected chi connectivity index (χ0v) is 23.4. The molecule has 11 unspecified atom stereocenters. The monoisotopic (exact) mass is 408 g/mol. The van der Waals surface area contributed by atoms with E-state index in [1.54, 1.807) is 0 Å². The maximum absolute atomic E-state index is 2.54. The number of hydrogen-bond acceptors (Lipinski definition) is 0. The Morgan fingerprint density at radius 3 is 0.724 bits per heavy atom. The molecule has 0 aromatic rings. The highest BCUT2D eigenvalue weighted by Crippen LogP contribution is 2.44. The van der Waals surface area contributed by atoms with Crippen LogP contribution in [0, 0.1) is 76.4 Å². The molecule has 0 saturated heterocycles. The first-order valence-electron chi connectivity index (χ1n) is 13.0. The van der Waals surface area contributed by atoms with Gasteiger partial charge in [-0.15, -0.1) is 0 Å². The molecule has 0 nitrogen and oxygen atoms in total. The van der Waals surface area contributed by atoms with Crippen LogP contribution in [0.4, 0.5) is 0 Å². The van der Waals surface area contributed by atoms with Crippen LogP contribution >= 0.6 is 0 Å². The molecule has 0 aliphatic carbocycles. The highest BCUT2D eigenvalue weighted by molar-refractivity contribution is 4.85. The van der Waals surface area contributed by atoms with E-state index in [4.69, 9.17) is 0 Å². The highest BCUT2D eigenvalue weighted by Gasteiger charge is 2.37. The Hall–Kier alpha value is 0. The molecule has 29 heavy (non-hydrogen) atoms. The third-order valence-corrected chi connectivity index (χ3v) is 10.7. The Morgan fingerprint density at radius 1 is 0.310 bits per heavy atom. The van der Waals surface area contributed by atoms with Gasteiger partial charge in [-0.3, -0.25) is 0 Å². The second-order valence-electron chi connectivity index (χ2n) is 13.0. The van der Waals surface area contributed by atoms with E-state index in [2.05, 4.69) is 111 Å². The molecule has 0 heterocycles. The fourth-order valence-electron chi connectivity index (χ4n) is 5.68. The van der Waals surface area contributed by atoms with E-state index < -0.39 is 0 Å². The van der Waals surface area contributed by atoms with Crippen molar-refractivity contribution in [3.05, 3.63) is 0 Å². The zero-order chi connectivity index (χ0) is 23.4. The van der Waals surface area contributed by atoms with Crippen LogP contribution in [0.2, 0.25) is 0 Å². The van der Waals surface area contributed by atoms with Gasteiger partial charge in [-0.05, 0) is 76.4 Å². The van der Waals surface area contributed by atoms with Gasteiger partial charge in [0.1, 0.15) is 0 Å². The molecule has 0 rings (SSSR count). The van der Waals surface area contributed by atoms with Gasteiger partial charge in [0.25, 0.3) is 0 Å². The minimum absolute atomic E-state index is 0.392. The fraction of sp³-hybridized carbons (Fsp3) is 1.00. The first-order valence-corrected chi connectivity index (χ1v) is 13.0. The molecule has 0 N–H and O–H groups in total. The topological polar surface area (TPSA) is 0 Å². The van der Waals surface area contributed by atoms with E-state index >= 15 is 0 Å². The lowest BCUT2D eigenvalue weighted by Gasteiger charge is -2.43. The van der Waals surface area contributed by atoms with Crippen molar-refractivity contribution < 1.29 is 0 Å². The van der Waals surface area contributed by atoms with Crippen molar-refractivity contribution in [1.82, 2.24) is 0 Å². The van der Waals surface area contributed by atoms with Crippen LogP contribution in [-0.4, -0.2) is 0 Å². The van der Waals surface area contributed by atoms with E-state index in [1.165, 1.54) is 0 Å². The van der Waals surface area contributed by atoms with Crippen LogP contribution in [0.25, 0.3) is 0 Å². The Kier molecular flexibility index (Phi) is 11.6. The number of hydrogen-bond donors (Lipinski definition) is 0. The van der Waals surface area contributed by atoms with Crippen LogP contribution in [0.5, 0.6) is 0 Å². The lowest BCUT2D eigenvalue weighted by atomic mass is 9.62. The summed E-state index contributed by atoms with van der Waals surface area (Å²) in [4.78, 5) is 0. The van der Waals surface area contributed by atoms with E-state index in [0.29, 0.717) is 5.41 Å². The second kappa shape index (κ2) is 11.6. The summed E-state index contributed by atoms with van der Waals surface area (Å²) < 4.78 is 0. The molecule has 0 bridgehead atoms. The molecule has 0 spiro atoms. The zero-order valence-electron chi connectivity index (χ0n) is 23.4. The molecule has 0 aromatic heterocycles. The summed E-state index contributed by atoms with van der Waals surface area (Å²) in [7, 11) is 0. The van der Waals surface area contributed by atoms with E-state index in [0.717, 1.165) is 71.0 Å². The molecule has 0 aromatic carbocycles. The molecular weight excluding hydrogens is 348 g/mol. The normalized spacial score (nSPS) is 24.7. The molecule has 0 aliphatic rings. The summed E-state index contributed by atoms with van der Waals surface area (Å²) in [5, 5.41) is 0. The van der Waals surface area contributed by atoms with Gasteiger partial charge in [-0.25, -0.2) is 0 Å². The van der Waals surface area contributed by atoms with Gasteiger partial charge in [0.05, 0.1) is 0 Å². The van der Waals surface area contributed by atoms with Crippen LogP contribution < -0.4 is 0 Å². The van der Waals surface area contributed by atoms with E-state index in [9.17, 15) is 0 Å². The predicted octanol–water partition coefficient (Wildman–Crippen LogP) is 9.69. The lowest BCUT2D eigenvalue weighted by Crippen LogP contribution is -2.37. The fourth-order valence-corrected chi connectivity index (χ4v) is 5.68. The Labute approximate surface area is 187 Å². The summed E-state index contributed by atoms with van der Waals surface area (Å²) in [6.45, 7) is 39.6. The SMILES string of the molecule is CC(C)C(C)C(C)C(C)C(C)C(C)C(C)C(C)C(C)C(C)C(C)C(C)C(C)(C)C. The van der Waals surface area contributed by atoms with Crippen LogP contribution in [0.1, 0.15) is 111 Å². The van der Waals surface area contributed by atoms with Gasteiger partial charge in [0, 0.05) is 0 Å². The highest BCUT2D eigenvalue weighted by atomic mass is 14.4. The first-order chi connectivity index (χ1) is 13.0. The summed E-state index contributed by atoms with van der Waals surface area (Å²) in [6.07, 6.45) is 0. The largest absolute Gasteiger partial charge is 0.0625 e. The Balaban J connectivity index is 5.18. The van der Waals surface area contributed by atoms with Gasteiger partial charge in [0.15, 0.2) is 0 Å². The maximum Gasteiger partial charge on any atom is -0.0354 e. The minimum Gasteiger partial charge on any atom is -0.0625 e. The summed E-state index contributed by atoms with van der Waals surface area (Å²) in [5.41, 5.74) is 0.392. The summed E-state index contributed by atoms with van der Waals surface area (Å²) in [5.74, 6) is 9.27. The van der Waals surface area contributed by atoms with Gasteiger partial charge in [-0.2, -0.15) is 0 Å². The molecular formula is C29H60. The van der Waals surface area contributed by atoms with Crippen LogP contribution in [0.15, 0.2) is 0 Å². The van der Waals surface area contributed by atoms with Crippen molar-refractivity contribution >= 4 is 0 Å². The molecule has 0 fully saturated rings. The summed E-state index contributed by atoms with van der Waals surface area (Å²) >= 11 is 0. The molecule has 11 atom stereocenters. The van der Waals surface area contributed by atoms with Crippen molar-refractivity contribution in [2.45, 2.75) is 111 Å². The lowest BCUT2D eigenvalue weighted by molar-refractivity contribution is 0.0555. The van der Waals surface area contributed by atoms with Gasteiger partial charge < -0.3 is 0 Å². The smallest absolute Gasteiger partial charge is 0.0354 e. The van der Waals surface area contributed by atoms with Crippen molar-refractivity contribution in [2.24, 2.45) is 76.4 Å². The minimum atomic E-state index is 0.392. The standard InChI is InChI=1S/C29H60/c1-17(2)18(3)19(4)20(5)21(6)22(7)23(8)24(9)25(10)26(11)27(12)28(13)29(14,15)16/h17-28H,1-16H3. The molecule has 176 valence electrons. The predicted molar refractivity (Wildman–Crippen MR) is 135 cm³/mol. The van der Waals surface area contributed by atoms with Crippen LogP contribution in [0.3, 0.4) is 0 Å². The summed E-state index contributed by atoms with van der Waals surface area (Å²) in [6, 6.07) is 0. The molecule has 0 heteroatoms. The van der Waals surface area contributed by atoms with Gasteiger partial charge in [0.2, 0.25) is 0 Å². The average Bonchev–Trinajstić information content (AvgIpc) is 2.66. The molecule has 0 radical (unpaired) electrons. The van der Waals surface area contributed by atoms with Gasteiger partial charge >= 0.3 is 0 Å². The van der Waals surface area contributed by atoms with Crippen molar-refractivity contribution in [2.75, 3.05) is 0 Å². The molecule has 0 saturated carbocycles. The molecule has 0 amide bonds. The average molecular weight is 409 g/mol. The molecule has 0 aliphatic heterocycles. The second-order valence-corrected chi connectivity index (χ2v) is 13.0. The Bertz CT molecular complexity index is 441. The van der Waals surface area contributed by atoms with Crippen LogP contribution in [-0.2, 0) is 0 Å². The number of rotatable bonds is 11. The van der Waals surface area contributed by atoms with E-state index in [1.807, 2.05) is 0 Å². The van der Waals surface area contributed by atoms with Crippen molar-refractivity contribution in [3.63, 3.8) is 0 Å². The quantitative estimate of drug-likeness (QED) is 0.319. The van der Waals surface area contributed by atoms with E-state index in [-0.39, 0.29) is 0 Å². The van der Waals surface area contributed by atoms with Gasteiger partial charge in [-0.1, -0.05) is 111 Å². The first kappa shape index (κ1) is 29.0.